The maximum Gasteiger partial charge on any atom is 0.242 e. The van der Waals surface area contributed by atoms with Gasteiger partial charge >= 0.3 is 0 Å². The zero-order valence-electron chi connectivity index (χ0n) is 20.8. The van der Waals surface area contributed by atoms with Gasteiger partial charge in [0.25, 0.3) is 0 Å². The Balaban J connectivity index is 1.41. The van der Waals surface area contributed by atoms with Crippen molar-refractivity contribution in [3.05, 3.63) is 119 Å². The van der Waals surface area contributed by atoms with Gasteiger partial charge in [0.05, 0.1) is 28.4 Å². The zero-order valence-corrected chi connectivity index (χ0v) is 24.0. The summed E-state index contributed by atoms with van der Waals surface area (Å²) in [6, 6.07) is 34.7. The molecular weight excluding hydrogens is 577 g/mol. The zero-order chi connectivity index (χ0) is 27.6. The Kier molecular flexibility index (Phi) is 7.55. The van der Waals surface area contributed by atoms with E-state index in [0.717, 1.165) is 32.3 Å². The number of para-hydroxylation sites is 2. The number of halogens is 2. The second-order valence-corrected chi connectivity index (χ2v) is 11.8. The third-order valence-corrected chi connectivity index (χ3v) is 9.09. The molecule has 8 heteroatoms. The smallest absolute Gasteiger partial charge is 0.242 e. The van der Waals surface area contributed by atoms with Gasteiger partial charge in [0.2, 0.25) is 5.91 Å². The number of thioether (sulfide) groups is 1. The molecule has 0 saturated heterocycles. The normalized spacial score (nSPS) is 11.9. The lowest BCUT2D eigenvalue weighted by Gasteiger charge is -2.31. The summed E-state index contributed by atoms with van der Waals surface area (Å²) >= 11 is 15.6. The molecule has 0 spiro atoms. The molecule has 1 aromatic heterocycles. The second-order valence-electron chi connectivity index (χ2n) is 8.89. The largest absolute Gasteiger partial charge is 0.278 e. The molecule has 0 bridgehead atoms. The molecule has 0 fully saturated rings. The summed E-state index contributed by atoms with van der Waals surface area (Å²) in [7, 11) is 0. The Morgan fingerprint density at radius 2 is 1.48 bits per heavy atom. The van der Waals surface area contributed by atoms with Gasteiger partial charge in [0, 0.05) is 36.5 Å². The maximum atomic E-state index is 13.8. The van der Waals surface area contributed by atoms with E-state index in [-0.39, 0.29) is 11.7 Å². The van der Waals surface area contributed by atoms with Crippen LogP contribution in [0, 0.1) is 11.3 Å². The molecule has 194 valence electrons. The van der Waals surface area contributed by atoms with Gasteiger partial charge in [-0.15, -0.1) is 0 Å². The number of amides is 1. The van der Waals surface area contributed by atoms with Gasteiger partial charge in [-0.2, -0.15) is 5.26 Å². The number of fused-ring (bicyclic) bond motifs is 2. The van der Waals surface area contributed by atoms with Crippen LogP contribution in [0.3, 0.4) is 0 Å². The number of hydrogen-bond acceptors (Lipinski definition) is 5. The average molecular weight is 597 g/mol. The molecular formula is C32H19Cl2N3OS2. The molecule has 40 heavy (non-hydrogen) atoms. The molecule has 2 heterocycles. The van der Waals surface area contributed by atoms with Gasteiger partial charge in [-0.1, -0.05) is 101 Å². The van der Waals surface area contributed by atoms with Crippen molar-refractivity contribution in [1.29, 1.82) is 5.26 Å². The summed E-state index contributed by atoms with van der Waals surface area (Å²) < 4.78 is 0. The highest BCUT2D eigenvalue weighted by atomic mass is 35.5. The Morgan fingerprint density at radius 3 is 2.12 bits per heavy atom. The summed E-state index contributed by atoms with van der Waals surface area (Å²) in [6.07, 6.45) is 0. The minimum absolute atomic E-state index is 0.0844. The Morgan fingerprint density at radius 1 is 0.850 bits per heavy atom. The van der Waals surface area contributed by atoms with Gasteiger partial charge in [-0.3, -0.25) is 9.69 Å². The molecule has 1 aliphatic heterocycles. The lowest BCUT2D eigenvalue weighted by molar-refractivity contribution is -0.115. The van der Waals surface area contributed by atoms with E-state index >= 15 is 0 Å². The van der Waals surface area contributed by atoms with Crippen molar-refractivity contribution < 1.29 is 4.79 Å². The molecule has 0 unspecified atom stereocenters. The van der Waals surface area contributed by atoms with E-state index in [4.69, 9.17) is 28.2 Å². The van der Waals surface area contributed by atoms with Crippen LogP contribution in [0.1, 0.15) is 5.56 Å². The Labute approximate surface area is 250 Å². The van der Waals surface area contributed by atoms with Crippen LogP contribution in [0.2, 0.25) is 10.0 Å². The molecule has 0 atom stereocenters. The second kappa shape index (κ2) is 11.4. The molecule has 0 N–H and O–H groups in total. The van der Waals surface area contributed by atoms with E-state index in [1.54, 1.807) is 34.9 Å². The number of carbonyl (C=O) groups excluding carboxylic acids is 1. The summed E-state index contributed by atoms with van der Waals surface area (Å²) in [5.41, 5.74) is 4.94. The average Bonchev–Trinajstić information content (AvgIpc) is 2.98. The number of nitriles is 1. The lowest BCUT2D eigenvalue weighted by atomic mass is 9.99. The summed E-state index contributed by atoms with van der Waals surface area (Å²) in [4.78, 5) is 22.5. The van der Waals surface area contributed by atoms with Gasteiger partial charge in [0.1, 0.15) is 11.1 Å². The first-order valence-electron chi connectivity index (χ1n) is 12.3. The Hall–Kier alpha value is -3.73. The van der Waals surface area contributed by atoms with E-state index in [1.807, 2.05) is 84.9 Å². The van der Waals surface area contributed by atoms with Crippen LogP contribution in [0.15, 0.2) is 118 Å². The molecule has 0 radical (unpaired) electrons. The number of benzene rings is 4. The molecule has 0 aliphatic carbocycles. The number of rotatable bonds is 5. The van der Waals surface area contributed by atoms with Crippen molar-refractivity contribution in [2.75, 3.05) is 10.7 Å². The van der Waals surface area contributed by atoms with Crippen molar-refractivity contribution in [3.8, 4) is 28.5 Å². The lowest BCUT2D eigenvalue weighted by Crippen LogP contribution is -2.30. The fourth-order valence-electron chi connectivity index (χ4n) is 4.56. The third-order valence-electron chi connectivity index (χ3n) is 6.42. The van der Waals surface area contributed by atoms with Crippen molar-refractivity contribution in [2.45, 2.75) is 14.8 Å². The van der Waals surface area contributed by atoms with Crippen LogP contribution in [0.25, 0.3) is 22.4 Å². The van der Waals surface area contributed by atoms with Crippen molar-refractivity contribution in [3.63, 3.8) is 0 Å². The van der Waals surface area contributed by atoms with Crippen LogP contribution < -0.4 is 4.90 Å². The first-order chi connectivity index (χ1) is 19.5. The number of hydrogen-bond donors (Lipinski definition) is 0. The molecule has 4 aromatic carbocycles. The van der Waals surface area contributed by atoms with Crippen LogP contribution in [0.5, 0.6) is 0 Å². The number of aromatic nitrogens is 1. The fourth-order valence-corrected chi connectivity index (χ4v) is 6.84. The minimum atomic E-state index is -0.105. The molecule has 6 rings (SSSR count). The van der Waals surface area contributed by atoms with E-state index in [1.165, 1.54) is 11.8 Å². The third kappa shape index (κ3) is 5.10. The topological polar surface area (TPSA) is 57.0 Å². The van der Waals surface area contributed by atoms with Gasteiger partial charge in [-0.05, 0) is 48.5 Å². The first-order valence-corrected chi connectivity index (χ1v) is 14.9. The highest BCUT2D eigenvalue weighted by molar-refractivity contribution is 8.00. The molecule has 4 nitrogen and oxygen atoms in total. The standard InChI is InChI=1S/C32H19Cl2N3OS2/c33-21-15-13-20(14-16-21)26-17-23(22-7-1-2-8-25(22)34)24(18-35)32(36-26)39-19-31(38)37-27-9-3-5-11-29(27)40-30-12-6-4-10-28(30)37/h1-17H,19H2. The van der Waals surface area contributed by atoms with Gasteiger partial charge in [-0.25, -0.2) is 4.98 Å². The molecule has 1 amide bonds. The number of anilines is 2. The van der Waals surface area contributed by atoms with Crippen LogP contribution in [-0.4, -0.2) is 16.6 Å². The molecule has 5 aromatic rings. The summed E-state index contributed by atoms with van der Waals surface area (Å²) in [5, 5.41) is 11.9. The maximum absolute atomic E-state index is 13.8. The van der Waals surface area contributed by atoms with Crippen molar-refractivity contribution in [2.24, 2.45) is 0 Å². The minimum Gasteiger partial charge on any atom is -0.278 e. The predicted molar refractivity (Wildman–Crippen MR) is 165 cm³/mol. The van der Waals surface area contributed by atoms with Crippen LogP contribution >= 0.6 is 46.7 Å². The van der Waals surface area contributed by atoms with Crippen LogP contribution in [-0.2, 0) is 4.79 Å². The van der Waals surface area contributed by atoms with Gasteiger partial charge < -0.3 is 0 Å². The molecule has 1 aliphatic rings. The number of nitrogens with zero attached hydrogens (tertiary/aromatic N) is 3. The first kappa shape index (κ1) is 26.5. The summed E-state index contributed by atoms with van der Waals surface area (Å²) in [5.74, 6) is -0.0202. The highest BCUT2D eigenvalue weighted by Crippen LogP contribution is 2.48. The van der Waals surface area contributed by atoms with E-state index in [0.29, 0.717) is 31.9 Å². The quantitative estimate of drug-likeness (QED) is 0.189. The highest BCUT2D eigenvalue weighted by Gasteiger charge is 2.28. The predicted octanol–water partition coefficient (Wildman–Crippen LogP) is 9.52. The van der Waals surface area contributed by atoms with Crippen LogP contribution in [0.4, 0.5) is 11.4 Å². The number of carbonyl (C=O) groups is 1. The van der Waals surface area contributed by atoms with Crippen molar-refractivity contribution >= 4 is 64.0 Å². The molecule has 0 saturated carbocycles. The van der Waals surface area contributed by atoms with E-state index in [9.17, 15) is 10.1 Å². The van der Waals surface area contributed by atoms with E-state index in [2.05, 4.69) is 6.07 Å². The van der Waals surface area contributed by atoms with E-state index < -0.39 is 0 Å². The van der Waals surface area contributed by atoms with Gasteiger partial charge in [0.15, 0.2) is 0 Å². The Bertz CT molecular complexity index is 1760. The SMILES string of the molecule is N#Cc1c(-c2ccccc2Cl)cc(-c2ccc(Cl)cc2)nc1SCC(=O)N1c2ccccc2Sc2ccccc21. The number of pyridine rings is 1. The summed E-state index contributed by atoms with van der Waals surface area (Å²) in [6.45, 7) is 0. The monoisotopic (exact) mass is 595 g/mol. The van der Waals surface area contributed by atoms with Crippen molar-refractivity contribution in [1.82, 2.24) is 4.98 Å². The fraction of sp³-hybridized carbons (Fsp3) is 0.0312.